The predicted octanol–water partition coefficient (Wildman–Crippen LogP) is 5.13. The van der Waals surface area contributed by atoms with Crippen LogP contribution in [0.15, 0.2) is 46.7 Å². The summed E-state index contributed by atoms with van der Waals surface area (Å²) in [4.78, 5) is 11.3. The van der Waals surface area contributed by atoms with E-state index in [4.69, 9.17) is 10.5 Å². The SMILES string of the molecule is N#Cc1c(N=NN(C=O)c2cccc(C(F)(F)F)c2C#N)cccc1C(F)(F)F. The number of benzene rings is 2. The van der Waals surface area contributed by atoms with E-state index in [9.17, 15) is 31.1 Å². The largest absolute Gasteiger partial charge is 0.417 e. The second-order valence-corrected chi connectivity index (χ2v) is 5.26. The molecule has 12 heteroatoms. The fourth-order valence-electron chi connectivity index (χ4n) is 2.28. The number of carbonyl (C=O) groups excluding carboxylic acids is 1. The maximum Gasteiger partial charge on any atom is 0.417 e. The zero-order valence-electron chi connectivity index (χ0n) is 14.0. The van der Waals surface area contributed by atoms with Gasteiger partial charge in [-0.1, -0.05) is 17.4 Å². The molecule has 0 N–H and O–H groups in total. The Morgan fingerprint density at radius 3 is 1.86 bits per heavy atom. The Morgan fingerprint density at radius 1 is 0.862 bits per heavy atom. The zero-order valence-corrected chi connectivity index (χ0v) is 14.0. The molecule has 0 atom stereocenters. The third-order valence-electron chi connectivity index (χ3n) is 3.51. The standard InChI is InChI=1S/C17H7F6N5O/c18-16(19,20)12-3-1-5-14(10(12)7-24)26-27-28(9-29)15-6-2-4-13(11(15)8-25)17(21,22)23/h1-6,9H. The van der Waals surface area contributed by atoms with E-state index in [-0.39, 0.29) is 11.4 Å². The van der Waals surface area contributed by atoms with Crippen molar-refractivity contribution in [3.63, 3.8) is 0 Å². The lowest BCUT2D eigenvalue weighted by Gasteiger charge is -2.15. The van der Waals surface area contributed by atoms with Crippen LogP contribution in [0.2, 0.25) is 0 Å². The van der Waals surface area contributed by atoms with E-state index in [2.05, 4.69) is 10.3 Å². The van der Waals surface area contributed by atoms with Gasteiger partial charge in [0.15, 0.2) is 0 Å². The van der Waals surface area contributed by atoms with E-state index >= 15 is 0 Å². The minimum absolute atomic E-state index is 0.0838. The monoisotopic (exact) mass is 411 g/mol. The molecule has 148 valence electrons. The lowest BCUT2D eigenvalue weighted by Crippen LogP contribution is -2.17. The molecule has 0 bridgehead atoms. The van der Waals surface area contributed by atoms with Gasteiger partial charge in [0.1, 0.15) is 17.8 Å². The van der Waals surface area contributed by atoms with Crippen molar-refractivity contribution in [1.29, 1.82) is 10.5 Å². The highest BCUT2D eigenvalue weighted by Crippen LogP contribution is 2.37. The smallest absolute Gasteiger partial charge is 0.276 e. The fraction of sp³-hybridized carbons (Fsp3) is 0.118. The molecule has 1 amide bonds. The van der Waals surface area contributed by atoms with Crippen LogP contribution < -0.4 is 5.01 Å². The number of halogens is 6. The summed E-state index contributed by atoms with van der Waals surface area (Å²) in [6, 6.07) is 7.70. The van der Waals surface area contributed by atoms with Crippen molar-refractivity contribution in [2.75, 3.05) is 5.01 Å². The molecular formula is C17H7F6N5O. The first-order valence-electron chi connectivity index (χ1n) is 7.41. The Morgan fingerprint density at radius 2 is 1.38 bits per heavy atom. The van der Waals surface area contributed by atoms with Crippen LogP contribution in [-0.4, -0.2) is 6.41 Å². The van der Waals surface area contributed by atoms with E-state index in [1.165, 1.54) is 12.1 Å². The maximum atomic E-state index is 13.0. The second kappa shape index (κ2) is 7.98. The Balaban J connectivity index is 2.56. The molecule has 29 heavy (non-hydrogen) atoms. The number of hydrogen-bond acceptors (Lipinski definition) is 5. The van der Waals surface area contributed by atoms with Gasteiger partial charge in [-0.15, -0.1) is 5.11 Å². The number of amides is 1. The highest BCUT2D eigenvalue weighted by atomic mass is 19.4. The van der Waals surface area contributed by atoms with Crippen LogP contribution in [0.5, 0.6) is 0 Å². The van der Waals surface area contributed by atoms with Crippen LogP contribution in [0.1, 0.15) is 22.3 Å². The quantitative estimate of drug-likeness (QED) is 0.302. The molecule has 0 aliphatic heterocycles. The Bertz CT molecular complexity index is 1050. The number of carbonyl (C=O) groups is 1. The molecule has 0 fully saturated rings. The molecule has 0 saturated heterocycles. The van der Waals surface area contributed by atoms with Gasteiger partial charge in [0, 0.05) is 0 Å². The summed E-state index contributed by atoms with van der Waals surface area (Å²) >= 11 is 0. The average molecular weight is 411 g/mol. The minimum atomic E-state index is -4.90. The molecule has 0 unspecified atom stereocenters. The van der Waals surface area contributed by atoms with Gasteiger partial charge >= 0.3 is 12.4 Å². The van der Waals surface area contributed by atoms with Gasteiger partial charge in [0.25, 0.3) is 0 Å². The summed E-state index contributed by atoms with van der Waals surface area (Å²) in [5.74, 6) is 0. The molecule has 0 radical (unpaired) electrons. The molecule has 2 aromatic carbocycles. The second-order valence-electron chi connectivity index (χ2n) is 5.26. The van der Waals surface area contributed by atoms with Crippen LogP contribution in [0.4, 0.5) is 37.7 Å². The lowest BCUT2D eigenvalue weighted by molar-refractivity contribution is -0.138. The first-order valence-corrected chi connectivity index (χ1v) is 7.41. The lowest BCUT2D eigenvalue weighted by atomic mass is 10.1. The van der Waals surface area contributed by atoms with Crippen molar-refractivity contribution < 1.29 is 31.1 Å². The van der Waals surface area contributed by atoms with E-state index in [0.717, 1.165) is 24.3 Å². The van der Waals surface area contributed by atoms with E-state index in [1.807, 2.05) is 0 Å². The van der Waals surface area contributed by atoms with Crippen molar-refractivity contribution in [1.82, 2.24) is 0 Å². The van der Waals surface area contributed by atoms with Crippen molar-refractivity contribution in [3.05, 3.63) is 58.7 Å². The topological polar surface area (TPSA) is 92.6 Å². The van der Waals surface area contributed by atoms with Crippen LogP contribution >= 0.6 is 0 Å². The van der Waals surface area contributed by atoms with Crippen LogP contribution in [0, 0.1) is 22.7 Å². The fourth-order valence-corrected chi connectivity index (χ4v) is 2.28. The molecule has 0 spiro atoms. The van der Waals surface area contributed by atoms with Crippen molar-refractivity contribution in [2.24, 2.45) is 10.3 Å². The molecule has 6 nitrogen and oxygen atoms in total. The van der Waals surface area contributed by atoms with Gasteiger partial charge < -0.3 is 0 Å². The number of nitriles is 2. The number of alkyl halides is 6. The summed E-state index contributed by atoms with van der Waals surface area (Å²) in [7, 11) is 0. The number of hydrogen-bond donors (Lipinski definition) is 0. The van der Waals surface area contributed by atoms with Crippen LogP contribution in [0.25, 0.3) is 0 Å². The number of rotatable bonds is 4. The van der Waals surface area contributed by atoms with Gasteiger partial charge in [0.05, 0.1) is 27.9 Å². The van der Waals surface area contributed by atoms with Gasteiger partial charge in [-0.3, -0.25) is 4.79 Å². The zero-order chi connectivity index (χ0) is 21.8. The van der Waals surface area contributed by atoms with Crippen LogP contribution in [0.3, 0.4) is 0 Å². The van der Waals surface area contributed by atoms with Gasteiger partial charge in [-0.2, -0.15) is 41.9 Å². The highest BCUT2D eigenvalue weighted by Gasteiger charge is 2.36. The molecular weight excluding hydrogens is 404 g/mol. The molecule has 0 aliphatic rings. The molecule has 0 aliphatic carbocycles. The summed E-state index contributed by atoms with van der Waals surface area (Å²) in [5, 5.41) is 25.0. The normalized spacial score (nSPS) is 11.7. The summed E-state index contributed by atoms with van der Waals surface area (Å²) in [6.07, 6.45) is -9.85. The molecule has 0 heterocycles. The van der Waals surface area contributed by atoms with Crippen molar-refractivity contribution >= 4 is 17.8 Å². The summed E-state index contributed by atoms with van der Waals surface area (Å²) < 4.78 is 78.0. The number of nitrogens with zero attached hydrogens (tertiary/aromatic N) is 5. The van der Waals surface area contributed by atoms with E-state index < -0.39 is 46.0 Å². The third kappa shape index (κ3) is 4.50. The molecule has 0 saturated carbocycles. The summed E-state index contributed by atoms with van der Waals surface area (Å²) in [6.45, 7) is 0. The Kier molecular flexibility index (Phi) is 5.88. The van der Waals surface area contributed by atoms with Crippen molar-refractivity contribution in [3.8, 4) is 12.1 Å². The van der Waals surface area contributed by atoms with E-state index in [1.54, 1.807) is 0 Å². The maximum absolute atomic E-state index is 13.0. The minimum Gasteiger partial charge on any atom is -0.276 e. The third-order valence-corrected chi connectivity index (χ3v) is 3.51. The predicted molar refractivity (Wildman–Crippen MR) is 85.4 cm³/mol. The van der Waals surface area contributed by atoms with Gasteiger partial charge in [-0.05, 0) is 24.3 Å². The first kappa shape index (κ1) is 21.4. The number of anilines is 1. The average Bonchev–Trinajstić information content (AvgIpc) is 2.66. The Hall–Kier alpha value is -3.93. The van der Waals surface area contributed by atoms with Gasteiger partial charge in [-0.25, -0.2) is 0 Å². The molecule has 2 rings (SSSR count). The van der Waals surface area contributed by atoms with Gasteiger partial charge in [0.2, 0.25) is 6.41 Å². The molecule has 0 aromatic heterocycles. The van der Waals surface area contributed by atoms with Crippen molar-refractivity contribution in [2.45, 2.75) is 12.4 Å². The van der Waals surface area contributed by atoms with Crippen LogP contribution in [-0.2, 0) is 17.1 Å². The Labute approximate surface area is 158 Å². The molecule has 2 aromatic rings. The summed E-state index contributed by atoms with van der Waals surface area (Å²) in [5.41, 5.74) is -5.62. The first-order chi connectivity index (χ1) is 13.5. The van der Waals surface area contributed by atoms with E-state index in [0.29, 0.717) is 12.1 Å². The highest BCUT2D eigenvalue weighted by molar-refractivity contribution is 5.78.